The van der Waals surface area contributed by atoms with E-state index in [1.807, 2.05) is 24.3 Å². The van der Waals surface area contributed by atoms with Crippen molar-refractivity contribution in [2.45, 2.75) is 13.3 Å². The summed E-state index contributed by atoms with van der Waals surface area (Å²) in [5.74, 6) is -2.24. The van der Waals surface area contributed by atoms with E-state index < -0.39 is 17.5 Å². The summed E-state index contributed by atoms with van der Waals surface area (Å²) < 4.78 is 31.4. The standard InChI is InChI=1S/C18H14F2N2O2/c1-2-11-3-5-12(6-4-11)16-10-17(24-22-16)21-18(23)13-7-14(19)9-15(20)8-13/h3-10H,2H2,1H3,(H,21,23). The smallest absolute Gasteiger partial charge is 0.258 e. The summed E-state index contributed by atoms with van der Waals surface area (Å²) in [5, 5.41) is 6.31. The molecule has 24 heavy (non-hydrogen) atoms. The van der Waals surface area contributed by atoms with Crippen LogP contribution in [0.1, 0.15) is 22.8 Å². The van der Waals surface area contributed by atoms with Crippen LogP contribution in [0.15, 0.2) is 53.1 Å². The molecule has 1 amide bonds. The highest BCUT2D eigenvalue weighted by molar-refractivity contribution is 6.03. The lowest BCUT2D eigenvalue weighted by Crippen LogP contribution is -2.12. The van der Waals surface area contributed by atoms with Gasteiger partial charge in [0.2, 0.25) is 5.88 Å². The third kappa shape index (κ3) is 3.48. The van der Waals surface area contributed by atoms with Gasteiger partial charge in [-0.3, -0.25) is 10.1 Å². The minimum absolute atomic E-state index is 0.0965. The van der Waals surface area contributed by atoms with E-state index in [4.69, 9.17) is 4.52 Å². The number of hydrogen-bond donors (Lipinski definition) is 1. The minimum atomic E-state index is -0.825. The van der Waals surface area contributed by atoms with Gasteiger partial charge < -0.3 is 4.52 Å². The molecule has 3 rings (SSSR count). The van der Waals surface area contributed by atoms with Crippen molar-refractivity contribution < 1.29 is 18.1 Å². The monoisotopic (exact) mass is 328 g/mol. The van der Waals surface area contributed by atoms with Crippen molar-refractivity contribution in [2.24, 2.45) is 0 Å². The Morgan fingerprint density at radius 3 is 2.38 bits per heavy atom. The van der Waals surface area contributed by atoms with E-state index in [1.165, 1.54) is 5.56 Å². The number of hydrogen-bond acceptors (Lipinski definition) is 3. The van der Waals surface area contributed by atoms with Crippen LogP contribution < -0.4 is 5.32 Å². The fraction of sp³-hybridized carbons (Fsp3) is 0.111. The molecule has 1 aromatic heterocycles. The first-order valence-corrected chi connectivity index (χ1v) is 7.38. The number of benzene rings is 2. The Morgan fingerprint density at radius 1 is 1.08 bits per heavy atom. The molecular weight excluding hydrogens is 314 g/mol. The first-order chi connectivity index (χ1) is 11.5. The van der Waals surface area contributed by atoms with E-state index in [1.54, 1.807) is 6.07 Å². The number of aryl methyl sites for hydroxylation is 1. The Morgan fingerprint density at radius 2 is 1.75 bits per heavy atom. The van der Waals surface area contributed by atoms with Gasteiger partial charge in [0.1, 0.15) is 17.3 Å². The van der Waals surface area contributed by atoms with E-state index in [0.717, 1.165) is 24.1 Å². The van der Waals surface area contributed by atoms with Crippen LogP contribution in [0.2, 0.25) is 0 Å². The zero-order chi connectivity index (χ0) is 17.1. The van der Waals surface area contributed by atoms with Crippen LogP contribution in [-0.4, -0.2) is 11.1 Å². The molecule has 0 saturated carbocycles. The predicted octanol–water partition coefficient (Wildman–Crippen LogP) is 4.43. The molecule has 0 unspecified atom stereocenters. The third-order valence-electron chi connectivity index (χ3n) is 3.53. The van der Waals surface area contributed by atoms with Gasteiger partial charge in [-0.2, -0.15) is 0 Å². The topological polar surface area (TPSA) is 55.1 Å². The van der Waals surface area contributed by atoms with Crippen molar-refractivity contribution in [1.29, 1.82) is 0 Å². The van der Waals surface area contributed by atoms with Crippen molar-refractivity contribution in [2.75, 3.05) is 5.32 Å². The molecular formula is C18H14F2N2O2. The Kier molecular flexibility index (Phi) is 4.37. The van der Waals surface area contributed by atoms with Crippen molar-refractivity contribution in [3.63, 3.8) is 0 Å². The first kappa shape index (κ1) is 15.9. The zero-order valence-electron chi connectivity index (χ0n) is 12.8. The highest BCUT2D eigenvalue weighted by Crippen LogP contribution is 2.22. The summed E-state index contributed by atoms with van der Waals surface area (Å²) in [6, 6.07) is 11.9. The fourth-order valence-corrected chi connectivity index (χ4v) is 2.25. The van der Waals surface area contributed by atoms with Gasteiger partial charge in [0.25, 0.3) is 5.91 Å². The molecule has 4 nitrogen and oxygen atoms in total. The molecule has 0 radical (unpaired) electrons. The lowest BCUT2D eigenvalue weighted by Gasteiger charge is -2.01. The second kappa shape index (κ2) is 6.62. The second-order valence-corrected chi connectivity index (χ2v) is 5.24. The maximum Gasteiger partial charge on any atom is 0.258 e. The summed E-state index contributed by atoms with van der Waals surface area (Å²) in [5.41, 5.74) is 2.45. The van der Waals surface area contributed by atoms with E-state index in [0.29, 0.717) is 11.8 Å². The largest absolute Gasteiger partial charge is 0.338 e. The summed E-state index contributed by atoms with van der Waals surface area (Å²) in [7, 11) is 0. The minimum Gasteiger partial charge on any atom is -0.338 e. The van der Waals surface area contributed by atoms with Gasteiger partial charge in [-0.05, 0) is 24.1 Å². The lowest BCUT2D eigenvalue weighted by molar-refractivity contribution is 0.102. The number of nitrogens with one attached hydrogen (secondary N) is 1. The molecule has 0 aliphatic rings. The van der Waals surface area contributed by atoms with Crippen molar-refractivity contribution in [3.8, 4) is 11.3 Å². The molecule has 2 aromatic carbocycles. The number of rotatable bonds is 4. The molecule has 0 bridgehead atoms. The highest BCUT2D eigenvalue weighted by atomic mass is 19.1. The Bertz CT molecular complexity index is 853. The normalized spacial score (nSPS) is 10.6. The molecule has 1 heterocycles. The average molecular weight is 328 g/mol. The van der Waals surface area contributed by atoms with Gasteiger partial charge in [0.15, 0.2) is 0 Å². The van der Waals surface area contributed by atoms with Gasteiger partial charge in [0, 0.05) is 23.3 Å². The molecule has 122 valence electrons. The van der Waals surface area contributed by atoms with Crippen LogP contribution >= 0.6 is 0 Å². The van der Waals surface area contributed by atoms with Crippen molar-refractivity contribution in [3.05, 3.63) is 71.3 Å². The number of anilines is 1. The molecule has 0 saturated heterocycles. The Balaban J connectivity index is 1.76. The number of carbonyl (C=O) groups is 1. The quantitative estimate of drug-likeness (QED) is 0.770. The number of nitrogens with zero attached hydrogens (tertiary/aromatic N) is 1. The first-order valence-electron chi connectivity index (χ1n) is 7.38. The van der Waals surface area contributed by atoms with Crippen molar-refractivity contribution >= 4 is 11.8 Å². The SMILES string of the molecule is CCc1ccc(-c2cc(NC(=O)c3cc(F)cc(F)c3)on2)cc1. The molecule has 6 heteroatoms. The van der Waals surface area contributed by atoms with Crippen LogP contribution in [0.3, 0.4) is 0 Å². The number of halogens is 2. The molecule has 0 spiro atoms. The van der Waals surface area contributed by atoms with Crippen LogP contribution in [0.4, 0.5) is 14.7 Å². The average Bonchev–Trinajstić information content (AvgIpc) is 3.02. The Hall–Kier alpha value is -3.02. The van der Waals surface area contributed by atoms with Gasteiger partial charge >= 0.3 is 0 Å². The lowest BCUT2D eigenvalue weighted by atomic mass is 10.1. The molecule has 0 fully saturated rings. The molecule has 3 aromatic rings. The molecule has 0 aliphatic carbocycles. The number of amides is 1. The van der Waals surface area contributed by atoms with E-state index in [2.05, 4.69) is 17.4 Å². The van der Waals surface area contributed by atoms with E-state index >= 15 is 0 Å². The summed E-state index contributed by atoms with van der Waals surface area (Å²) in [6.07, 6.45) is 0.935. The number of aromatic nitrogens is 1. The van der Waals surface area contributed by atoms with Crippen LogP contribution in [0.25, 0.3) is 11.3 Å². The molecule has 0 atom stereocenters. The molecule has 0 aliphatic heterocycles. The third-order valence-corrected chi connectivity index (χ3v) is 3.53. The van der Waals surface area contributed by atoms with Gasteiger partial charge in [0.05, 0.1) is 0 Å². The predicted molar refractivity (Wildman–Crippen MR) is 85.6 cm³/mol. The molecule has 1 N–H and O–H groups in total. The van der Waals surface area contributed by atoms with E-state index in [-0.39, 0.29) is 11.4 Å². The summed E-state index contributed by atoms with van der Waals surface area (Å²) >= 11 is 0. The Labute approximate surface area is 137 Å². The summed E-state index contributed by atoms with van der Waals surface area (Å²) in [6.45, 7) is 2.06. The second-order valence-electron chi connectivity index (χ2n) is 5.24. The van der Waals surface area contributed by atoms with E-state index in [9.17, 15) is 13.6 Å². The summed E-state index contributed by atoms with van der Waals surface area (Å²) in [4.78, 5) is 12.0. The van der Waals surface area contributed by atoms with Crippen LogP contribution in [0.5, 0.6) is 0 Å². The highest BCUT2D eigenvalue weighted by Gasteiger charge is 2.13. The van der Waals surface area contributed by atoms with Gasteiger partial charge in [-0.15, -0.1) is 0 Å². The van der Waals surface area contributed by atoms with Crippen molar-refractivity contribution in [1.82, 2.24) is 5.16 Å². The fourth-order valence-electron chi connectivity index (χ4n) is 2.25. The zero-order valence-corrected chi connectivity index (χ0v) is 12.8. The number of carbonyl (C=O) groups excluding carboxylic acids is 1. The van der Waals surface area contributed by atoms with Gasteiger partial charge in [-0.1, -0.05) is 36.3 Å². The maximum absolute atomic E-state index is 13.2. The van der Waals surface area contributed by atoms with Gasteiger partial charge in [-0.25, -0.2) is 8.78 Å². The maximum atomic E-state index is 13.2. The van der Waals surface area contributed by atoms with Crippen LogP contribution in [-0.2, 0) is 6.42 Å². The van der Waals surface area contributed by atoms with Crippen LogP contribution in [0, 0.1) is 11.6 Å².